The molecule has 0 amide bonds. The van der Waals surface area contributed by atoms with Crippen LogP contribution in [0.25, 0.3) is 0 Å². The molecular formula is C11H17F3N4. The van der Waals surface area contributed by atoms with E-state index in [4.69, 9.17) is 5.84 Å². The number of anilines is 1. The summed E-state index contributed by atoms with van der Waals surface area (Å²) in [5.41, 5.74) is 3.04. The first-order valence-electron chi connectivity index (χ1n) is 5.70. The van der Waals surface area contributed by atoms with Crippen molar-refractivity contribution in [3.63, 3.8) is 0 Å². The maximum Gasteiger partial charge on any atom is 0.389 e. The van der Waals surface area contributed by atoms with Gasteiger partial charge in [-0.2, -0.15) is 13.2 Å². The van der Waals surface area contributed by atoms with Crippen LogP contribution in [0.15, 0.2) is 6.07 Å². The van der Waals surface area contributed by atoms with E-state index in [0.717, 1.165) is 0 Å². The van der Waals surface area contributed by atoms with Gasteiger partial charge in [0.2, 0.25) is 0 Å². The molecule has 18 heavy (non-hydrogen) atoms. The van der Waals surface area contributed by atoms with E-state index in [0.29, 0.717) is 23.9 Å². The number of hydrazine groups is 1. The van der Waals surface area contributed by atoms with Gasteiger partial charge in [0.05, 0.1) is 6.42 Å². The molecule has 7 heteroatoms. The number of nitrogens with one attached hydrogen (secondary N) is 1. The van der Waals surface area contributed by atoms with Crippen molar-refractivity contribution in [2.75, 3.05) is 5.43 Å². The summed E-state index contributed by atoms with van der Waals surface area (Å²) in [6.07, 6.45) is -4.68. The highest BCUT2D eigenvalue weighted by Gasteiger charge is 2.27. The third-order valence-corrected chi connectivity index (χ3v) is 2.22. The fourth-order valence-corrected chi connectivity index (χ4v) is 1.51. The van der Waals surface area contributed by atoms with Crippen molar-refractivity contribution in [1.82, 2.24) is 9.97 Å². The molecule has 0 aliphatic rings. The van der Waals surface area contributed by atoms with Gasteiger partial charge in [0.25, 0.3) is 0 Å². The Morgan fingerprint density at radius 3 is 2.50 bits per heavy atom. The standard InChI is InChI=1S/C11H17F3N4/c1-7(2)5-8-6-10(18-15)17-9(16-8)3-4-11(12,13)14/h6-7H,3-5,15H2,1-2H3,(H,16,17,18). The molecule has 0 aliphatic heterocycles. The number of hydrogen-bond acceptors (Lipinski definition) is 4. The van der Waals surface area contributed by atoms with Gasteiger partial charge in [-0.05, 0) is 12.3 Å². The quantitative estimate of drug-likeness (QED) is 0.632. The van der Waals surface area contributed by atoms with Crippen LogP contribution >= 0.6 is 0 Å². The average molecular weight is 262 g/mol. The SMILES string of the molecule is CC(C)Cc1cc(NN)nc(CCC(F)(F)F)n1. The Morgan fingerprint density at radius 1 is 1.33 bits per heavy atom. The molecule has 0 spiro atoms. The third kappa shape index (κ3) is 5.31. The lowest BCUT2D eigenvalue weighted by Gasteiger charge is -2.10. The Bertz CT molecular complexity index is 390. The summed E-state index contributed by atoms with van der Waals surface area (Å²) >= 11 is 0. The molecule has 0 atom stereocenters. The molecule has 0 unspecified atom stereocenters. The first kappa shape index (κ1) is 14.7. The molecule has 0 saturated heterocycles. The Labute approximate surface area is 104 Å². The van der Waals surface area contributed by atoms with E-state index in [1.54, 1.807) is 6.07 Å². The Hall–Kier alpha value is -1.37. The van der Waals surface area contributed by atoms with Crippen LogP contribution in [0.3, 0.4) is 0 Å². The number of rotatable bonds is 5. The molecule has 1 aromatic rings. The number of aryl methyl sites for hydroxylation is 1. The van der Waals surface area contributed by atoms with Crippen molar-refractivity contribution in [2.45, 2.75) is 39.3 Å². The van der Waals surface area contributed by atoms with E-state index in [9.17, 15) is 13.2 Å². The van der Waals surface area contributed by atoms with Gasteiger partial charge in [-0.1, -0.05) is 13.8 Å². The molecule has 3 N–H and O–H groups in total. The molecule has 0 aromatic carbocycles. The zero-order chi connectivity index (χ0) is 13.8. The van der Waals surface area contributed by atoms with Crippen molar-refractivity contribution in [2.24, 2.45) is 11.8 Å². The van der Waals surface area contributed by atoms with Crippen molar-refractivity contribution in [3.05, 3.63) is 17.6 Å². The smallest absolute Gasteiger partial charge is 0.308 e. The summed E-state index contributed by atoms with van der Waals surface area (Å²) in [5, 5.41) is 0. The zero-order valence-corrected chi connectivity index (χ0v) is 10.4. The maximum atomic E-state index is 12.1. The Morgan fingerprint density at radius 2 is 2.00 bits per heavy atom. The Balaban J connectivity index is 2.83. The van der Waals surface area contributed by atoms with E-state index in [2.05, 4.69) is 15.4 Å². The molecule has 0 saturated carbocycles. The molecule has 0 fully saturated rings. The number of alkyl halides is 3. The predicted molar refractivity (Wildman–Crippen MR) is 62.8 cm³/mol. The van der Waals surface area contributed by atoms with Gasteiger partial charge in [0.1, 0.15) is 11.6 Å². The molecule has 0 aliphatic carbocycles. The highest BCUT2D eigenvalue weighted by atomic mass is 19.4. The van der Waals surface area contributed by atoms with Gasteiger partial charge in [0, 0.05) is 18.2 Å². The van der Waals surface area contributed by atoms with Crippen LogP contribution in [-0.2, 0) is 12.8 Å². The minimum atomic E-state index is -4.20. The fraction of sp³-hybridized carbons (Fsp3) is 0.636. The summed E-state index contributed by atoms with van der Waals surface area (Å²) in [6.45, 7) is 4.01. The minimum absolute atomic E-state index is 0.165. The number of aromatic nitrogens is 2. The van der Waals surface area contributed by atoms with E-state index in [1.807, 2.05) is 13.8 Å². The topological polar surface area (TPSA) is 63.8 Å². The summed E-state index contributed by atoms with van der Waals surface area (Å²) in [5.74, 6) is 6.11. The van der Waals surface area contributed by atoms with Crippen LogP contribution in [0.1, 0.15) is 31.8 Å². The Kier molecular flexibility index (Phi) is 4.89. The second-order valence-electron chi connectivity index (χ2n) is 4.52. The lowest BCUT2D eigenvalue weighted by molar-refractivity contribution is -0.134. The van der Waals surface area contributed by atoms with E-state index in [-0.39, 0.29) is 12.2 Å². The van der Waals surface area contributed by atoms with E-state index >= 15 is 0 Å². The lowest BCUT2D eigenvalue weighted by atomic mass is 10.1. The van der Waals surface area contributed by atoms with Crippen LogP contribution in [0.5, 0.6) is 0 Å². The second kappa shape index (κ2) is 5.99. The van der Waals surface area contributed by atoms with Gasteiger partial charge < -0.3 is 5.43 Å². The fourth-order valence-electron chi connectivity index (χ4n) is 1.51. The van der Waals surface area contributed by atoms with Crippen molar-refractivity contribution in [1.29, 1.82) is 0 Å². The van der Waals surface area contributed by atoms with Gasteiger partial charge in [-0.25, -0.2) is 15.8 Å². The van der Waals surface area contributed by atoms with E-state index < -0.39 is 12.6 Å². The van der Waals surface area contributed by atoms with Gasteiger partial charge in [-0.15, -0.1) is 0 Å². The lowest BCUT2D eigenvalue weighted by Crippen LogP contribution is -2.14. The molecule has 4 nitrogen and oxygen atoms in total. The first-order valence-corrected chi connectivity index (χ1v) is 5.70. The van der Waals surface area contributed by atoms with Crippen LogP contribution < -0.4 is 11.3 Å². The normalized spacial score (nSPS) is 11.9. The monoisotopic (exact) mass is 262 g/mol. The van der Waals surface area contributed by atoms with Crippen LogP contribution in [0, 0.1) is 5.92 Å². The highest BCUT2D eigenvalue weighted by molar-refractivity contribution is 5.34. The first-order chi connectivity index (χ1) is 8.30. The minimum Gasteiger partial charge on any atom is -0.308 e. The summed E-state index contributed by atoms with van der Waals surface area (Å²) in [6, 6.07) is 1.65. The second-order valence-corrected chi connectivity index (χ2v) is 4.52. The van der Waals surface area contributed by atoms with Crippen LogP contribution in [-0.4, -0.2) is 16.1 Å². The zero-order valence-electron chi connectivity index (χ0n) is 10.4. The highest BCUT2D eigenvalue weighted by Crippen LogP contribution is 2.21. The summed E-state index contributed by atoms with van der Waals surface area (Å²) in [4.78, 5) is 8.03. The number of nitrogen functional groups attached to an aromatic ring is 1. The summed E-state index contributed by atoms with van der Waals surface area (Å²) in [7, 11) is 0. The van der Waals surface area contributed by atoms with Gasteiger partial charge in [0.15, 0.2) is 0 Å². The molecule has 102 valence electrons. The maximum absolute atomic E-state index is 12.1. The number of halogens is 3. The van der Waals surface area contributed by atoms with Crippen LogP contribution in [0.4, 0.5) is 19.0 Å². The van der Waals surface area contributed by atoms with Gasteiger partial charge >= 0.3 is 6.18 Å². The van der Waals surface area contributed by atoms with Gasteiger partial charge in [-0.3, -0.25) is 0 Å². The molecule has 0 bridgehead atoms. The molecule has 0 radical (unpaired) electrons. The number of hydrogen-bond donors (Lipinski definition) is 2. The van der Waals surface area contributed by atoms with Crippen molar-refractivity contribution < 1.29 is 13.2 Å². The molecular weight excluding hydrogens is 245 g/mol. The van der Waals surface area contributed by atoms with Crippen LogP contribution in [0.2, 0.25) is 0 Å². The molecule has 1 aromatic heterocycles. The largest absolute Gasteiger partial charge is 0.389 e. The summed E-state index contributed by atoms with van der Waals surface area (Å²) < 4.78 is 36.4. The average Bonchev–Trinajstić information content (AvgIpc) is 2.24. The van der Waals surface area contributed by atoms with Crippen molar-refractivity contribution >= 4 is 5.82 Å². The number of nitrogens with zero attached hydrogens (tertiary/aromatic N) is 2. The third-order valence-electron chi connectivity index (χ3n) is 2.22. The number of nitrogens with two attached hydrogens (primary N) is 1. The predicted octanol–water partition coefficient (Wildman–Crippen LogP) is 2.46. The molecule has 1 rings (SSSR count). The van der Waals surface area contributed by atoms with Crippen molar-refractivity contribution in [3.8, 4) is 0 Å². The molecule has 1 heterocycles. The van der Waals surface area contributed by atoms with E-state index in [1.165, 1.54) is 0 Å².